The zero-order valence-electron chi connectivity index (χ0n) is 3.29. The molecule has 1 aliphatic rings. The average Bonchev–Trinajstić information content (AvgIpc) is 1.86. The number of hydrogen-bond acceptors (Lipinski definition) is 3. The van der Waals surface area contributed by atoms with Crippen LogP contribution in [0.3, 0.4) is 0 Å². The third-order valence-electron chi connectivity index (χ3n) is 0.509. The minimum atomic E-state index is 0.903. The Morgan fingerprint density at radius 2 is 2.83 bits per heavy atom. The van der Waals surface area contributed by atoms with Crippen LogP contribution in [0.15, 0.2) is 5.10 Å². The Kier molecular flexibility index (Phi) is 1.01. The van der Waals surface area contributed by atoms with Crippen molar-refractivity contribution in [2.24, 2.45) is 5.10 Å². The van der Waals surface area contributed by atoms with Crippen LogP contribution in [0.2, 0.25) is 0 Å². The van der Waals surface area contributed by atoms with Gasteiger partial charge in [-0.05, 0) is 0 Å². The van der Waals surface area contributed by atoms with Gasteiger partial charge < -0.3 is 0 Å². The van der Waals surface area contributed by atoms with Crippen LogP contribution < -0.4 is 0 Å². The Morgan fingerprint density at radius 3 is 3.00 bits per heavy atom. The predicted octanol–water partition coefficient (Wildman–Crippen LogP) is 0.728. The van der Waals surface area contributed by atoms with Crippen LogP contribution in [0.5, 0.6) is 0 Å². The molecule has 0 N–H and O–H groups in total. The Labute approximate surface area is 41.2 Å². The molecule has 1 aliphatic heterocycles. The number of rotatable bonds is 0. The minimum Gasteiger partial charge on any atom is -0.284 e. The van der Waals surface area contributed by atoms with E-state index in [0.717, 1.165) is 5.88 Å². The third kappa shape index (κ3) is 0.653. The van der Waals surface area contributed by atoms with Gasteiger partial charge in [0.1, 0.15) is 0 Å². The topological polar surface area (TPSA) is 15.6 Å². The van der Waals surface area contributed by atoms with Crippen LogP contribution in [0.4, 0.5) is 0 Å². The van der Waals surface area contributed by atoms with Gasteiger partial charge in [-0.2, -0.15) is 5.10 Å². The van der Waals surface area contributed by atoms with Crippen LogP contribution in [-0.4, -0.2) is 16.4 Å². The first kappa shape index (κ1) is 3.99. The molecule has 33 valence electrons. The molecular formula is C3H5N2S. The average molecular weight is 101 g/mol. The SMILES string of the molecule is [CH2]N1CSC=N1. The standard InChI is InChI=1S/C3H5N2S/c1-5-3-6-2-4-5/h2H,1,3H2. The van der Waals surface area contributed by atoms with Gasteiger partial charge in [0.2, 0.25) is 0 Å². The highest BCUT2D eigenvalue weighted by atomic mass is 32.2. The molecular weight excluding hydrogens is 96.1 g/mol. The molecule has 3 heteroatoms. The van der Waals surface area contributed by atoms with Gasteiger partial charge in [-0.1, -0.05) is 11.8 Å². The van der Waals surface area contributed by atoms with Gasteiger partial charge in [0, 0.05) is 0 Å². The number of hydrogen-bond donors (Lipinski definition) is 0. The molecule has 0 bridgehead atoms. The summed E-state index contributed by atoms with van der Waals surface area (Å²) in [7, 11) is 3.55. The fourth-order valence-corrected chi connectivity index (χ4v) is 0.758. The lowest BCUT2D eigenvalue weighted by molar-refractivity contribution is 0.477. The molecule has 0 atom stereocenters. The summed E-state index contributed by atoms with van der Waals surface area (Å²) >= 11 is 1.65. The predicted molar refractivity (Wildman–Crippen MR) is 28.1 cm³/mol. The summed E-state index contributed by atoms with van der Waals surface area (Å²) in [6.45, 7) is 0. The molecule has 0 aromatic rings. The Balaban J connectivity index is 2.38. The van der Waals surface area contributed by atoms with Gasteiger partial charge in [0.15, 0.2) is 0 Å². The van der Waals surface area contributed by atoms with E-state index in [2.05, 4.69) is 12.1 Å². The molecule has 1 rings (SSSR count). The fourth-order valence-electron chi connectivity index (χ4n) is 0.253. The van der Waals surface area contributed by atoms with Gasteiger partial charge >= 0.3 is 0 Å². The summed E-state index contributed by atoms with van der Waals surface area (Å²) < 4.78 is 0. The van der Waals surface area contributed by atoms with E-state index in [9.17, 15) is 0 Å². The summed E-state index contributed by atoms with van der Waals surface area (Å²) in [4.78, 5) is 0. The van der Waals surface area contributed by atoms with Crippen molar-refractivity contribution in [3.63, 3.8) is 0 Å². The molecule has 0 unspecified atom stereocenters. The lowest BCUT2D eigenvalue weighted by Crippen LogP contribution is -1.98. The van der Waals surface area contributed by atoms with E-state index >= 15 is 0 Å². The van der Waals surface area contributed by atoms with E-state index in [1.807, 2.05) is 0 Å². The van der Waals surface area contributed by atoms with E-state index in [-0.39, 0.29) is 0 Å². The number of hydrazone groups is 1. The van der Waals surface area contributed by atoms with E-state index in [0.29, 0.717) is 0 Å². The molecule has 1 radical (unpaired) electrons. The minimum absolute atomic E-state index is 0.903. The first-order valence-electron chi connectivity index (χ1n) is 1.62. The highest BCUT2D eigenvalue weighted by Gasteiger charge is 1.95. The summed E-state index contributed by atoms with van der Waals surface area (Å²) in [6.07, 6.45) is 0. The quantitative estimate of drug-likeness (QED) is 0.447. The zero-order valence-corrected chi connectivity index (χ0v) is 4.11. The van der Waals surface area contributed by atoms with Crippen LogP contribution in [-0.2, 0) is 0 Å². The maximum Gasteiger partial charge on any atom is 0.0871 e. The number of nitrogens with zero attached hydrogens (tertiary/aromatic N) is 2. The van der Waals surface area contributed by atoms with Crippen LogP contribution in [0.1, 0.15) is 0 Å². The Bertz CT molecular complexity index is 71.2. The van der Waals surface area contributed by atoms with Gasteiger partial charge in [-0.3, -0.25) is 5.01 Å². The van der Waals surface area contributed by atoms with Crippen molar-refractivity contribution in [1.29, 1.82) is 0 Å². The molecule has 0 saturated heterocycles. The second-order valence-electron chi connectivity index (χ2n) is 1.02. The maximum atomic E-state index is 3.80. The van der Waals surface area contributed by atoms with Gasteiger partial charge in [-0.25, -0.2) is 0 Å². The van der Waals surface area contributed by atoms with Crippen molar-refractivity contribution in [3.05, 3.63) is 7.05 Å². The Morgan fingerprint density at radius 1 is 2.00 bits per heavy atom. The second kappa shape index (κ2) is 1.51. The molecule has 0 aromatic heterocycles. The van der Waals surface area contributed by atoms with Gasteiger partial charge in [0.05, 0.1) is 18.5 Å². The smallest absolute Gasteiger partial charge is 0.0871 e. The largest absolute Gasteiger partial charge is 0.284 e. The highest BCUT2D eigenvalue weighted by Crippen LogP contribution is 2.06. The summed E-state index contributed by atoms with van der Waals surface area (Å²) in [5.41, 5.74) is 1.78. The maximum absolute atomic E-state index is 3.80. The van der Waals surface area contributed by atoms with Crippen molar-refractivity contribution in [2.45, 2.75) is 0 Å². The normalized spacial score (nSPS) is 19.8. The van der Waals surface area contributed by atoms with Crippen molar-refractivity contribution in [1.82, 2.24) is 5.01 Å². The fraction of sp³-hybridized carbons (Fsp3) is 0.333. The number of thioether (sulfide) groups is 1. The molecule has 0 aromatic carbocycles. The molecule has 2 nitrogen and oxygen atoms in total. The molecule has 0 amide bonds. The van der Waals surface area contributed by atoms with Crippen molar-refractivity contribution < 1.29 is 0 Å². The first-order chi connectivity index (χ1) is 2.89. The summed E-state index contributed by atoms with van der Waals surface area (Å²) in [5.74, 6) is 0.903. The lowest BCUT2D eigenvalue weighted by Gasteiger charge is -1.98. The first-order valence-corrected chi connectivity index (χ1v) is 2.66. The highest BCUT2D eigenvalue weighted by molar-refractivity contribution is 8.12. The van der Waals surface area contributed by atoms with Crippen molar-refractivity contribution in [3.8, 4) is 0 Å². The van der Waals surface area contributed by atoms with E-state index in [4.69, 9.17) is 0 Å². The summed E-state index contributed by atoms with van der Waals surface area (Å²) in [5, 5.41) is 5.44. The Hall–Kier alpha value is -0.180. The molecule has 1 heterocycles. The monoisotopic (exact) mass is 101 g/mol. The van der Waals surface area contributed by atoms with Crippen LogP contribution in [0, 0.1) is 7.05 Å². The molecule has 6 heavy (non-hydrogen) atoms. The summed E-state index contributed by atoms with van der Waals surface area (Å²) in [6, 6.07) is 0. The molecule has 0 spiro atoms. The van der Waals surface area contributed by atoms with Gasteiger partial charge in [0.25, 0.3) is 0 Å². The van der Waals surface area contributed by atoms with Crippen LogP contribution >= 0.6 is 11.8 Å². The van der Waals surface area contributed by atoms with Crippen molar-refractivity contribution in [2.75, 3.05) is 5.88 Å². The van der Waals surface area contributed by atoms with Gasteiger partial charge in [-0.15, -0.1) is 0 Å². The second-order valence-corrected chi connectivity index (χ2v) is 1.83. The third-order valence-corrected chi connectivity index (χ3v) is 1.20. The molecule has 0 aliphatic carbocycles. The van der Waals surface area contributed by atoms with E-state index < -0.39 is 0 Å². The lowest BCUT2D eigenvalue weighted by atomic mass is 11.2. The zero-order chi connectivity index (χ0) is 4.41. The van der Waals surface area contributed by atoms with E-state index in [1.165, 1.54) is 0 Å². The van der Waals surface area contributed by atoms with Crippen LogP contribution in [0.25, 0.3) is 0 Å². The molecule has 0 saturated carbocycles. The molecule has 0 fully saturated rings. The van der Waals surface area contributed by atoms with Crippen molar-refractivity contribution >= 4 is 17.3 Å². The van der Waals surface area contributed by atoms with E-state index in [1.54, 1.807) is 22.3 Å².